The maximum Gasteiger partial charge on any atom is 0.261 e. The summed E-state index contributed by atoms with van der Waals surface area (Å²) in [5.74, 6) is 0.756. The number of rotatable bonds is 9. The molecular formula is C20H26N2O4S. The van der Waals surface area contributed by atoms with Gasteiger partial charge < -0.3 is 10.1 Å². The molecule has 0 aromatic heterocycles. The predicted octanol–water partition coefficient (Wildman–Crippen LogP) is 3.34. The summed E-state index contributed by atoms with van der Waals surface area (Å²) in [4.78, 5) is 11.8. The van der Waals surface area contributed by atoms with Crippen LogP contribution in [0.15, 0.2) is 53.4 Å². The molecule has 0 spiro atoms. The molecule has 0 fully saturated rings. The van der Waals surface area contributed by atoms with Crippen molar-refractivity contribution in [2.24, 2.45) is 5.92 Å². The van der Waals surface area contributed by atoms with Crippen molar-refractivity contribution in [3.8, 4) is 5.75 Å². The maximum atomic E-state index is 12.4. The summed E-state index contributed by atoms with van der Waals surface area (Å²) in [6, 6.07) is 13.1. The average Bonchev–Trinajstić information content (AvgIpc) is 2.59. The minimum absolute atomic E-state index is 0.105. The van der Waals surface area contributed by atoms with E-state index >= 15 is 0 Å². The SMILES string of the molecule is Cc1cccc(NS(=O)(=O)c2ccc(OCC(=O)NCCC(C)C)cc2)c1. The molecule has 0 saturated heterocycles. The van der Waals surface area contributed by atoms with Crippen LogP contribution in [0.1, 0.15) is 25.8 Å². The zero-order valence-electron chi connectivity index (χ0n) is 15.9. The second-order valence-electron chi connectivity index (χ2n) is 6.77. The third-order valence-corrected chi connectivity index (χ3v) is 5.22. The van der Waals surface area contributed by atoms with Crippen LogP contribution in [0.4, 0.5) is 5.69 Å². The van der Waals surface area contributed by atoms with Crippen LogP contribution in [0.3, 0.4) is 0 Å². The summed E-state index contributed by atoms with van der Waals surface area (Å²) >= 11 is 0. The third-order valence-electron chi connectivity index (χ3n) is 3.82. The minimum Gasteiger partial charge on any atom is -0.484 e. The van der Waals surface area contributed by atoms with Crippen LogP contribution in [0.5, 0.6) is 5.75 Å². The lowest BCUT2D eigenvalue weighted by Gasteiger charge is -2.11. The number of hydrogen-bond donors (Lipinski definition) is 2. The summed E-state index contributed by atoms with van der Waals surface area (Å²) < 4.78 is 32.8. The van der Waals surface area contributed by atoms with Crippen molar-refractivity contribution in [3.05, 3.63) is 54.1 Å². The molecule has 1 amide bonds. The van der Waals surface area contributed by atoms with Gasteiger partial charge in [0, 0.05) is 12.2 Å². The Morgan fingerprint density at radius 2 is 1.81 bits per heavy atom. The topological polar surface area (TPSA) is 84.5 Å². The fraction of sp³-hybridized carbons (Fsp3) is 0.350. The third kappa shape index (κ3) is 6.94. The lowest BCUT2D eigenvalue weighted by Crippen LogP contribution is -2.30. The molecule has 27 heavy (non-hydrogen) atoms. The first-order chi connectivity index (χ1) is 12.8. The van der Waals surface area contributed by atoms with E-state index in [0.29, 0.717) is 23.9 Å². The van der Waals surface area contributed by atoms with Crippen molar-refractivity contribution < 1.29 is 17.9 Å². The van der Waals surface area contributed by atoms with Crippen molar-refractivity contribution in [1.29, 1.82) is 0 Å². The summed E-state index contributed by atoms with van der Waals surface area (Å²) in [6.07, 6.45) is 0.909. The van der Waals surface area contributed by atoms with Gasteiger partial charge in [0.05, 0.1) is 4.90 Å². The highest BCUT2D eigenvalue weighted by Gasteiger charge is 2.14. The van der Waals surface area contributed by atoms with E-state index in [1.165, 1.54) is 24.3 Å². The molecule has 146 valence electrons. The molecule has 0 aliphatic carbocycles. The number of carbonyl (C=O) groups is 1. The van der Waals surface area contributed by atoms with Gasteiger partial charge in [-0.25, -0.2) is 8.42 Å². The summed E-state index contributed by atoms with van der Waals surface area (Å²) in [7, 11) is -3.68. The number of amides is 1. The Bertz CT molecular complexity index is 862. The molecule has 0 radical (unpaired) electrons. The second kappa shape index (κ2) is 9.41. The molecule has 0 aliphatic rings. The van der Waals surface area contributed by atoms with Gasteiger partial charge in [-0.15, -0.1) is 0 Å². The predicted molar refractivity (Wildman–Crippen MR) is 106 cm³/mol. The Hall–Kier alpha value is -2.54. The van der Waals surface area contributed by atoms with Crippen molar-refractivity contribution in [1.82, 2.24) is 5.32 Å². The second-order valence-corrected chi connectivity index (χ2v) is 8.45. The van der Waals surface area contributed by atoms with E-state index in [2.05, 4.69) is 23.9 Å². The monoisotopic (exact) mass is 390 g/mol. The van der Waals surface area contributed by atoms with E-state index in [9.17, 15) is 13.2 Å². The Morgan fingerprint density at radius 1 is 1.11 bits per heavy atom. The summed E-state index contributed by atoms with van der Waals surface area (Å²) in [5.41, 5.74) is 1.47. The van der Waals surface area contributed by atoms with Gasteiger partial charge in [0.2, 0.25) is 0 Å². The number of nitrogens with one attached hydrogen (secondary N) is 2. The quantitative estimate of drug-likeness (QED) is 0.688. The normalized spacial score (nSPS) is 11.3. The minimum atomic E-state index is -3.68. The van der Waals surface area contributed by atoms with Crippen LogP contribution >= 0.6 is 0 Å². The highest BCUT2D eigenvalue weighted by molar-refractivity contribution is 7.92. The van der Waals surface area contributed by atoms with E-state index in [1.54, 1.807) is 18.2 Å². The largest absolute Gasteiger partial charge is 0.484 e. The van der Waals surface area contributed by atoms with Gasteiger partial charge in [-0.1, -0.05) is 26.0 Å². The number of anilines is 1. The molecule has 0 aliphatic heterocycles. The van der Waals surface area contributed by atoms with E-state index in [4.69, 9.17) is 4.74 Å². The van der Waals surface area contributed by atoms with Crippen LogP contribution in [0.2, 0.25) is 0 Å². The fourth-order valence-electron chi connectivity index (χ4n) is 2.34. The first-order valence-corrected chi connectivity index (χ1v) is 10.3. The maximum absolute atomic E-state index is 12.4. The van der Waals surface area contributed by atoms with E-state index in [-0.39, 0.29) is 17.4 Å². The van der Waals surface area contributed by atoms with Gasteiger partial charge in [0.1, 0.15) is 5.75 Å². The molecule has 0 atom stereocenters. The molecule has 6 nitrogen and oxygen atoms in total. The molecule has 2 rings (SSSR count). The molecule has 0 heterocycles. The molecule has 0 saturated carbocycles. The Kier molecular flexibility index (Phi) is 7.24. The van der Waals surface area contributed by atoms with Crippen molar-refractivity contribution in [3.63, 3.8) is 0 Å². The standard InChI is InChI=1S/C20H26N2O4S/c1-15(2)11-12-21-20(23)14-26-18-7-9-19(10-8-18)27(24,25)22-17-6-4-5-16(3)13-17/h4-10,13,15,22H,11-12,14H2,1-3H3,(H,21,23). The van der Waals surface area contributed by atoms with Gasteiger partial charge in [-0.3, -0.25) is 9.52 Å². The smallest absolute Gasteiger partial charge is 0.261 e. The number of carbonyl (C=O) groups excluding carboxylic acids is 1. The molecule has 7 heteroatoms. The lowest BCUT2D eigenvalue weighted by molar-refractivity contribution is -0.123. The van der Waals surface area contributed by atoms with Crippen molar-refractivity contribution >= 4 is 21.6 Å². The molecule has 2 aromatic carbocycles. The molecular weight excluding hydrogens is 364 g/mol. The van der Waals surface area contributed by atoms with E-state index in [1.807, 2.05) is 13.0 Å². The summed E-state index contributed by atoms with van der Waals surface area (Å²) in [6.45, 7) is 6.58. The van der Waals surface area contributed by atoms with Crippen LogP contribution in [-0.2, 0) is 14.8 Å². The van der Waals surface area contributed by atoms with Gasteiger partial charge in [0.25, 0.3) is 15.9 Å². The molecule has 2 aromatic rings. The van der Waals surface area contributed by atoms with E-state index < -0.39 is 10.0 Å². The van der Waals surface area contributed by atoms with Crippen LogP contribution in [0.25, 0.3) is 0 Å². The van der Waals surface area contributed by atoms with Crippen molar-refractivity contribution in [2.75, 3.05) is 17.9 Å². The molecule has 0 unspecified atom stereocenters. The summed E-state index contributed by atoms with van der Waals surface area (Å²) in [5, 5.41) is 2.78. The Labute approximate surface area is 161 Å². The first kappa shape index (κ1) is 20.8. The van der Waals surface area contributed by atoms with Crippen LogP contribution in [0, 0.1) is 12.8 Å². The van der Waals surface area contributed by atoms with Gasteiger partial charge in [0.15, 0.2) is 6.61 Å². The zero-order valence-corrected chi connectivity index (χ0v) is 16.7. The Morgan fingerprint density at radius 3 is 2.44 bits per heavy atom. The fourth-order valence-corrected chi connectivity index (χ4v) is 3.39. The first-order valence-electron chi connectivity index (χ1n) is 8.85. The highest BCUT2D eigenvalue weighted by atomic mass is 32.2. The van der Waals surface area contributed by atoms with Crippen LogP contribution < -0.4 is 14.8 Å². The molecule has 2 N–H and O–H groups in total. The van der Waals surface area contributed by atoms with Crippen LogP contribution in [-0.4, -0.2) is 27.5 Å². The van der Waals surface area contributed by atoms with Gasteiger partial charge in [-0.2, -0.15) is 0 Å². The number of hydrogen-bond acceptors (Lipinski definition) is 4. The average molecular weight is 391 g/mol. The number of sulfonamides is 1. The van der Waals surface area contributed by atoms with Gasteiger partial charge in [-0.05, 0) is 61.2 Å². The number of benzene rings is 2. The molecule has 0 bridgehead atoms. The van der Waals surface area contributed by atoms with Crippen molar-refractivity contribution in [2.45, 2.75) is 32.1 Å². The zero-order chi connectivity index (χ0) is 19.9. The number of ether oxygens (including phenoxy) is 1. The van der Waals surface area contributed by atoms with Gasteiger partial charge >= 0.3 is 0 Å². The van der Waals surface area contributed by atoms with E-state index in [0.717, 1.165) is 12.0 Å². The highest BCUT2D eigenvalue weighted by Crippen LogP contribution is 2.19. The Balaban J connectivity index is 1.91. The number of aryl methyl sites for hydroxylation is 1. The lowest BCUT2D eigenvalue weighted by atomic mass is 10.1.